The number of rotatable bonds is 7. The highest BCUT2D eigenvalue weighted by Gasteiger charge is 2.36. The maximum Gasteiger partial charge on any atom is 0.266 e. The molecule has 0 atom stereocenters. The topological polar surface area (TPSA) is 161 Å². The van der Waals surface area contributed by atoms with Crippen LogP contribution in [0.3, 0.4) is 0 Å². The largest absolute Gasteiger partial charge is 0.507 e. The van der Waals surface area contributed by atoms with Crippen LogP contribution in [0.15, 0.2) is 18.2 Å². The van der Waals surface area contributed by atoms with E-state index in [2.05, 4.69) is 5.32 Å². The first-order chi connectivity index (χ1) is 14.0. The van der Waals surface area contributed by atoms with E-state index in [4.69, 9.17) is 4.55 Å². The molecule has 0 bridgehead atoms. The van der Waals surface area contributed by atoms with Crippen LogP contribution in [0.1, 0.15) is 56.3 Å². The summed E-state index contributed by atoms with van der Waals surface area (Å²) in [5.74, 6) is -3.39. The number of aromatic hydroxyl groups is 3. The first-order valence-electron chi connectivity index (χ1n) is 9.24. The molecule has 1 aliphatic rings. The van der Waals surface area contributed by atoms with Gasteiger partial charge in [0, 0.05) is 24.2 Å². The monoisotopic (exact) mass is 435 g/mol. The first-order valence-corrected chi connectivity index (χ1v) is 10.8. The first kappa shape index (κ1) is 21.8. The molecule has 0 aromatic heterocycles. The quantitative estimate of drug-likeness (QED) is 0.273. The van der Waals surface area contributed by atoms with Crippen LogP contribution in [0.25, 0.3) is 0 Å². The average Bonchev–Trinajstić information content (AvgIpc) is 2.64. The SMILES string of the molecule is CCCc1cc(O)c2c(c1)C(=O)c1cc(O)c(CNCCS(=O)(=O)O)c(O)c1C2=O. The Morgan fingerprint density at radius 2 is 1.60 bits per heavy atom. The van der Waals surface area contributed by atoms with Crippen LogP contribution in [-0.2, 0) is 23.1 Å². The number of nitrogens with one attached hydrogen (secondary N) is 1. The van der Waals surface area contributed by atoms with Crippen LogP contribution >= 0.6 is 0 Å². The molecule has 0 fully saturated rings. The maximum absolute atomic E-state index is 13.0. The lowest BCUT2D eigenvalue weighted by Gasteiger charge is -2.22. The highest BCUT2D eigenvalue weighted by molar-refractivity contribution is 7.85. The van der Waals surface area contributed by atoms with Crippen molar-refractivity contribution in [3.63, 3.8) is 0 Å². The zero-order valence-electron chi connectivity index (χ0n) is 16.1. The van der Waals surface area contributed by atoms with Gasteiger partial charge in [0.25, 0.3) is 10.1 Å². The molecular weight excluding hydrogens is 414 g/mol. The van der Waals surface area contributed by atoms with Crippen molar-refractivity contribution in [2.24, 2.45) is 0 Å². The van der Waals surface area contributed by atoms with Crippen LogP contribution in [0, 0.1) is 0 Å². The van der Waals surface area contributed by atoms with Crippen molar-refractivity contribution in [3.05, 3.63) is 51.6 Å². The number of carbonyl (C=O) groups is 2. The van der Waals surface area contributed by atoms with Crippen molar-refractivity contribution in [2.75, 3.05) is 12.3 Å². The molecule has 9 nitrogen and oxygen atoms in total. The number of carbonyl (C=O) groups excluding carboxylic acids is 2. The molecular formula is C20H21NO8S. The van der Waals surface area contributed by atoms with E-state index >= 15 is 0 Å². The van der Waals surface area contributed by atoms with Gasteiger partial charge >= 0.3 is 0 Å². The minimum Gasteiger partial charge on any atom is -0.507 e. The van der Waals surface area contributed by atoms with E-state index in [1.807, 2.05) is 6.92 Å². The predicted molar refractivity (Wildman–Crippen MR) is 107 cm³/mol. The summed E-state index contributed by atoms with van der Waals surface area (Å²) in [5.41, 5.74) is -0.151. The van der Waals surface area contributed by atoms with Crippen molar-refractivity contribution >= 4 is 21.7 Å². The molecule has 2 aromatic rings. The lowest BCUT2D eigenvalue weighted by atomic mass is 9.81. The summed E-state index contributed by atoms with van der Waals surface area (Å²) in [4.78, 5) is 26.0. The number of hydrogen-bond acceptors (Lipinski definition) is 8. The molecule has 2 aromatic carbocycles. The summed E-state index contributed by atoms with van der Waals surface area (Å²) in [7, 11) is -4.19. The molecule has 0 aliphatic heterocycles. The second kappa shape index (κ2) is 8.05. The van der Waals surface area contributed by atoms with Crippen molar-refractivity contribution < 1.29 is 37.9 Å². The van der Waals surface area contributed by atoms with E-state index in [0.29, 0.717) is 12.0 Å². The van der Waals surface area contributed by atoms with E-state index in [0.717, 1.165) is 12.5 Å². The Balaban J connectivity index is 2.02. The molecule has 0 unspecified atom stereocenters. The summed E-state index contributed by atoms with van der Waals surface area (Å²) in [5, 5.41) is 33.8. The fourth-order valence-electron chi connectivity index (χ4n) is 3.50. The molecule has 0 heterocycles. The van der Waals surface area contributed by atoms with Gasteiger partial charge < -0.3 is 20.6 Å². The summed E-state index contributed by atoms with van der Waals surface area (Å²) in [6, 6.07) is 4.01. The highest BCUT2D eigenvalue weighted by Crippen LogP contribution is 2.41. The second-order valence-electron chi connectivity index (χ2n) is 7.05. The van der Waals surface area contributed by atoms with Gasteiger partial charge in [-0.05, 0) is 30.2 Å². The highest BCUT2D eigenvalue weighted by atomic mass is 32.2. The zero-order valence-corrected chi connectivity index (χ0v) is 16.9. The Morgan fingerprint density at radius 3 is 2.23 bits per heavy atom. The minimum absolute atomic E-state index is 0.00813. The third-order valence-electron chi connectivity index (χ3n) is 4.88. The molecule has 0 spiro atoms. The number of fused-ring (bicyclic) bond motifs is 2. The third-order valence-corrected chi connectivity index (χ3v) is 5.60. The average molecular weight is 435 g/mol. The normalized spacial score (nSPS) is 13.3. The number of phenols is 3. The summed E-state index contributed by atoms with van der Waals surface area (Å²) >= 11 is 0. The van der Waals surface area contributed by atoms with Crippen molar-refractivity contribution in [1.82, 2.24) is 5.32 Å². The summed E-state index contributed by atoms with van der Waals surface area (Å²) < 4.78 is 30.3. The van der Waals surface area contributed by atoms with Crippen LogP contribution in [0.4, 0.5) is 0 Å². The van der Waals surface area contributed by atoms with Crippen molar-refractivity contribution in [3.8, 4) is 17.2 Å². The fourth-order valence-corrected chi connectivity index (χ4v) is 3.90. The summed E-state index contributed by atoms with van der Waals surface area (Å²) in [6.45, 7) is 1.53. The second-order valence-corrected chi connectivity index (χ2v) is 8.63. The van der Waals surface area contributed by atoms with E-state index < -0.39 is 38.9 Å². The predicted octanol–water partition coefficient (Wildman–Crippen LogP) is 1.51. The van der Waals surface area contributed by atoms with Gasteiger partial charge in [-0.1, -0.05) is 13.3 Å². The van der Waals surface area contributed by atoms with Crippen molar-refractivity contribution in [1.29, 1.82) is 0 Å². The number of hydrogen-bond donors (Lipinski definition) is 5. The Labute approximate surface area is 172 Å². The number of benzene rings is 2. The van der Waals surface area contributed by atoms with Crippen LogP contribution < -0.4 is 5.32 Å². The van der Waals surface area contributed by atoms with Crippen molar-refractivity contribution in [2.45, 2.75) is 26.3 Å². The smallest absolute Gasteiger partial charge is 0.266 e. The Kier molecular flexibility index (Phi) is 5.84. The van der Waals surface area contributed by atoms with Gasteiger partial charge in [-0.2, -0.15) is 8.42 Å². The Bertz CT molecular complexity index is 1150. The minimum atomic E-state index is -4.19. The number of phenolic OH excluding ortho intramolecular Hbond substituents is 3. The number of ketones is 2. The Morgan fingerprint density at radius 1 is 0.933 bits per heavy atom. The van der Waals surface area contributed by atoms with Crippen LogP contribution in [-0.4, -0.2) is 52.2 Å². The fraction of sp³-hybridized carbons (Fsp3) is 0.300. The maximum atomic E-state index is 13.0. The van der Waals surface area contributed by atoms with Gasteiger partial charge in [0.2, 0.25) is 5.78 Å². The molecule has 5 N–H and O–H groups in total. The molecule has 0 amide bonds. The molecule has 10 heteroatoms. The van der Waals surface area contributed by atoms with E-state index in [-0.39, 0.29) is 46.7 Å². The lowest BCUT2D eigenvalue weighted by Crippen LogP contribution is -2.24. The number of aryl methyl sites for hydroxylation is 1. The molecule has 1 aliphatic carbocycles. The molecule has 3 rings (SSSR count). The molecule has 160 valence electrons. The Hall–Kier alpha value is -2.95. The van der Waals surface area contributed by atoms with Gasteiger partial charge in [-0.3, -0.25) is 14.1 Å². The van der Waals surface area contributed by atoms with Gasteiger partial charge in [-0.15, -0.1) is 0 Å². The lowest BCUT2D eigenvalue weighted by molar-refractivity contribution is 0.0973. The summed E-state index contributed by atoms with van der Waals surface area (Å²) in [6.07, 6.45) is 1.37. The van der Waals surface area contributed by atoms with Gasteiger partial charge in [0.1, 0.15) is 17.2 Å². The molecule has 0 radical (unpaired) electrons. The third kappa shape index (κ3) is 4.02. The zero-order chi connectivity index (χ0) is 22.2. The van der Waals surface area contributed by atoms with Crippen LogP contribution in [0.2, 0.25) is 0 Å². The molecule has 0 saturated heterocycles. The van der Waals surface area contributed by atoms with E-state index in [1.165, 1.54) is 12.1 Å². The standard InChI is InChI=1S/C20H21NO8S/c1-2-3-10-6-11-16(15(23)7-10)20(26)17-12(18(11)24)8-14(22)13(19(17)25)9-21-4-5-30(27,28)29/h6-8,21-23,25H,2-5,9H2,1H3,(H,27,28,29). The van der Waals surface area contributed by atoms with E-state index in [1.54, 1.807) is 0 Å². The van der Waals surface area contributed by atoms with Gasteiger partial charge in [0.05, 0.1) is 22.4 Å². The molecule has 0 saturated carbocycles. The van der Waals surface area contributed by atoms with Gasteiger partial charge in [-0.25, -0.2) is 0 Å². The van der Waals surface area contributed by atoms with Gasteiger partial charge in [0.15, 0.2) is 5.78 Å². The van der Waals surface area contributed by atoms with Crippen LogP contribution in [0.5, 0.6) is 17.2 Å². The molecule has 30 heavy (non-hydrogen) atoms. The van der Waals surface area contributed by atoms with E-state index in [9.17, 15) is 33.3 Å².